The fourth-order valence-corrected chi connectivity index (χ4v) is 1.79. The van der Waals surface area contributed by atoms with Gasteiger partial charge < -0.3 is 15.3 Å². The highest BCUT2D eigenvalue weighted by Crippen LogP contribution is 2.15. The maximum Gasteiger partial charge on any atom is 0.320 e. The summed E-state index contributed by atoms with van der Waals surface area (Å²) in [6.45, 7) is 1.35. The van der Waals surface area contributed by atoms with Crippen molar-refractivity contribution in [3.8, 4) is 0 Å². The monoisotopic (exact) mass is 195 g/mol. The standard InChI is InChI=1S/C9H13N3O2/c13-9(14)8-4-7(5-11-8)12-3-1-2-10-6-12/h1-3,7-8,11H,4-6H2,(H,13,14). The van der Waals surface area contributed by atoms with Crippen LogP contribution in [-0.2, 0) is 4.79 Å². The molecule has 2 N–H and O–H groups in total. The van der Waals surface area contributed by atoms with E-state index in [-0.39, 0.29) is 6.04 Å². The van der Waals surface area contributed by atoms with Crippen molar-refractivity contribution < 1.29 is 9.90 Å². The Morgan fingerprint density at radius 1 is 1.64 bits per heavy atom. The summed E-state index contributed by atoms with van der Waals surface area (Å²) in [4.78, 5) is 16.9. The van der Waals surface area contributed by atoms with E-state index in [4.69, 9.17) is 5.11 Å². The molecule has 0 aromatic rings. The minimum atomic E-state index is -0.767. The quantitative estimate of drug-likeness (QED) is 0.632. The molecule has 2 atom stereocenters. The first-order valence-electron chi connectivity index (χ1n) is 4.66. The molecule has 1 fully saturated rings. The van der Waals surface area contributed by atoms with Crippen LogP contribution < -0.4 is 5.32 Å². The zero-order chi connectivity index (χ0) is 9.97. The number of allylic oxidation sites excluding steroid dienone is 1. The molecule has 2 rings (SSSR count). The van der Waals surface area contributed by atoms with Crippen molar-refractivity contribution in [2.24, 2.45) is 4.99 Å². The third kappa shape index (κ3) is 1.77. The summed E-state index contributed by atoms with van der Waals surface area (Å²) in [6, 6.07) is -0.149. The number of hydrogen-bond donors (Lipinski definition) is 2. The number of rotatable bonds is 2. The molecule has 2 heterocycles. The predicted octanol–water partition coefficient (Wildman–Crippen LogP) is -0.341. The number of nitrogens with one attached hydrogen (secondary N) is 1. The Balaban J connectivity index is 1.92. The average molecular weight is 195 g/mol. The van der Waals surface area contributed by atoms with Gasteiger partial charge in [0.1, 0.15) is 12.7 Å². The van der Waals surface area contributed by atoms with E-state index >= 15 is 0 Å². The first-order valence-corrected chi connectivity index (χ1v) is 4.66. The minimum absolute atomic E-state index is 0.254. The lowest BCUT2D eigenvalue weighted by atomic mass is 10.1. The van der Waals surface area contributed by atoms with Gasteiger partial charge in [0.15, 0.2) is 0 Å². The van der Waals surface area contributed by atoms with E-state index in [0.717, 1.165) is 6.54 Å². The fraction of sp³-hybridized carbons (Fsp3) is 0.556. The smallest absolute Gasteiger partial charge is 0.320 e. The Bertz CT molecular complexity index is 288. The van der Waals surface area contributed by atoms with Crippen molar-refractivity contribution in [2.45, 2.75) is 18.5 Å². The summed E-state index contributed by atoms with van der Waals surface area (Å²) in [5.41, 5.74) is 0. The van der Waals surface area contributed by atoms with Gasteiger partial charge in [0, 0.05) is 25.0 Å². The Morgan fingerprint density at radius 3 is 3.07 bits per heavy atom. The molecule has 0 aliphatic carbocycles. The van der Waals surface area contributed by atoms with Crippen LogP contribution in [0.3, 0.4) is 0 Å². The van der Waals surface area contributed by atoms with E-state index in [2.05, 4.69) is 15.2 Å². The highest BCUT2D eigenvalue weighted by atomic mass is 16.4. The van der Waals surface area contributed by atoms with Crippen LogP contribution in [0.4, 0.5) is 0 Å². The van der Waals surface area contributed by atoms with E-state index in [1.807, 2.05) is 12.3 Å². The molecule has 0 saturated carbocycles. The first kappa shape index (κ1) is 9.21. The Kier molecular flexibility index (Phi) is 2.49. The number of aliphatic carboxylic acids is 1. The topological polar surface area (TPSA) is 64.9 Å². The summed E-state index contributed by atoms with van der Waals surface area (Å²) in [7, 11) is 0. The lowest BCUT2D eigenvalue weighted by molar-refractivity contribution is -0.139. The Labute approximate surface area is 82.1 Å². The maximum absolute atomic E-state index is 10.7. The van der Waals surface area contributed by atoms with Gasteiger partial charge >= 0.3 is 5.97 Å². The molecule has 2 aliphatic heterocycles. The number of hydrogen-bond acceptors (Lipinski definition) is 4. The predicted molar refractivity (Wildman–Crippen MR) is 52.2 cm³/mol. The van der Waals surface area contributed by atoms with Crippen molar-refractivity contribution in [3.63, 3.8) is 0 Å². The van der Waals surface area contributed by atoms with Gasteiger partial charge in [-0.2, -0.15) is 0 Å². The van der Waals surface area contributed by atoms with Gasteiger partial charge in [0.2, 0.25) is 0 Å². The molecule has 1 saturated heterocycles. The summed E-state index contributed by atoms with van der Waals surface area (Å²) < 4.78 is 0. The van der Waals surface area contributed by atoms with Crippen molar-refractivity contribution in [2.75, 3.05) is 13.2 Å². The molecule has 2 unspecified atom stereocenters. The molecule has 5 nitrogen and oxygen atoms in total. The fourth-order valence-electron chi connectivity index (χ4n) is 1.79. The van der Waals surface area contributed by atoms with Gasteiger partial charge in [-0.1, -0.05) is 0 Å². The lowest BCUT2D eigenvalue weighted by Crippen LogP contribution is -2.33. The van der Waals surface area contributed by atoms with Gasteiger partial charge in [0.05, 0.1) is 0 Å². The van der Waals surface area contributed by atoms with Crippen LogP contribution in [0.2, 0.25) is 0 Å². The van der Waals surface area contributed by atoms with Crippen LogP contribution in [0.15, 0.2) is 17.3 Å². The van der Waals surface area contributed by atoms with Gasteiger partial charge in [-0.25, -0.2) is 0 Å². The number of aliphatic imine (C=N–C) groups is 1. The molecule has 0 amide bonds. The van der Waals surface area contributed by atoms with Crippen molar-refractivity contribution in [1.29, 1.82) is 0 Å². The van der Waals surface area contributed by atoms with Crippen LogP contribution in [-0.4, -0.2) is 47.5 Å². The third-order valence-corrected chi connectivity index (χ3v) is 2.59. The average Bonchev–Trinajstić information content (AvgIpc) is 2.68. The minimum Gasteiger partial charge on any atom is -0.480 e. The molecular formula is C9H13N3O2. The molecule has 0 aromatic carbocycles. The van der Waals surface area contributed by atoms with Gasteiger partial charge in [-0.3, -0.25) is 9.79 Å². The number of nitrogens with zero attached hydrogens (tertiary/aromatic N) is 2. The van der Waals surface area contributed by atoms with E-state index in [0.29, 0.717) is 13.1 Å². The van der Waals surface area contributed by atoms with E-state index in [1.165, 1.54) is 0 Å². The second kappa shape index (κ2) is 3.79. The van der Waals surface area contributed by atoms with E-state index in [9.17, 15) is 4.79 Å². The summed E-state index contributed by atoms with van der Waals surface area (Å²) in [5, 5.41) is 11.8. The SMILES string of the molecule is O=C(O)C1CC(N2C=CC=NC2)CN1. The van der Waals surface area contributed by atoms with Crippen LogP contribution in [0.1, 0.15) is 6.42 Å². The van der Waals surface area contributed by atoms with Gasteiger partial charge in [-0.15, -0.1) is 0 Å². The van der Waals surface area contributed by atoms with Crippen molar-refractivity contribution >= 4 is 12.2 Å². The normalized spacial score (nSPS) is 31.0. The number of carboxylic acids is 1. The molecule has 0 spiro atoms. The zero-order valence-corrected chi connectivity index (χ0v) is 7.76. The van der Waals surface area contributed by atoms with Crippen LogP contribution >= 0.6 is 0 Å². The van der Waals surface area contributed by atoms with E-state index in [1.54, 1.807) is 6.21 Å². The van der Waals surface area contributed by atoms with Gasteiger partial charge in [-0.05, 0) is 12.5 Å². The Hall–Kier alpha value is -1.36. The third-order valence-electron chi connectivity index (χ3n) is 2.59. The van der Waals surface area contributed by atoms with Crippen LogP contribution in [0, 0.1) is 0 Å². The summed E-state index contributed by atoms with van der Waals surface area (Å²) in [5.74, 6) is -0.767. The molecule has 2 aliphatic rings. The molecule has 76 valence electrons. The zero-order valence-electron chi connectivity index (χ0n) is 7.76. The molecule has 5 heteroatoms. The van der Waals surface area contributed by atoms with Crippen molar-refractivity contribution in [3.05, 3.63) is 12.3 Å². The van der Waals surface area contributed by atoms with E-state index < -0.39 is 12.0 Å². The first-order chi connectivity index (χ1) is 6.77. The highest BCUT2D eigenvalue weighted by Gasteiger charge is 2.31. The molecule has 0 radical (unpaired) electrons. The number of carbonyl (C=O) groups is 1. The lowest BCUT2D eigenvalue weighted by Gasteiger charge is -2.26. The molecular weight excluding hydrogens is 182 g/mol. The summed E-state index contributed by atoms with van der Waals surface area (Å²) >= 11 is 0. The second-order valence-electron chi connectivity index (χ2n) is 3.52. The van der Waals surface area contributed by atoms with Gasteiger partial charge in [0.25, 0.3) is 0 Å². The largest absolute Gasteiger partial charge is 0.480 e. The van der Waals surface area contributed by atoms with Crippen LogP contribution in [0.25, 0.3) is 0 Å². The van der Waals surface area contributed by atoms with Crippen LogP contribution in [0.5, 0.6) is 0 Å². The van der Waals surface area contributed by atoms with Crippen molar-refractivity contribution in [1.82, 2.24) is 10.2 Å². The number of carboxylic acid groups (broad SMARTS) is 1. The molecule has 0 aromatic heterocycles. The molecule has 0 bridgehead atoms. The molecule has 14 heavy (non-hydrogen) atoms. The maximum atomic E-state index is 10.7. The Morgan fingerprint density at radius 2 is 2.50 bits per heavy atom. The second-order valence-corrected chi connectivity index (χ2v) is 3.52. The highest BCUT2D eigenvalue weighted by molar-refractivity contribution is 5.74. The summed E-state index contributed by atoms with van der Waals surface area (Å²) in [6.07, 6.45) is 6.24.